The predicted molar refractivity (Wildman–Crippen MR) is 111 cm³/mol. The van der Waals surface area contributed by atoms with Gasteiger partial charge < -0.3 is 9.47 Å². The van der Waals surface area contributed by atoms with Crippen molar-refractivity contribution >= 4 is 38.3 Å². The van der Waals surface area contributed by atoms with Crippen LogP contribution in [0.3, 0.4) is 0 Å². The van der Waals surface area contributed by atoms with Crippen LogP contribution in [0.25, 0.3) is 10.8 Å². The zero-order chi connectivity index (χ0) is 21.6. The van der Waals surface area contributed by atoms with Gasteiger partial charge in [0.15, 0.2) is 11.5 Å². The van der Waals surface area contributed by atoms with E-state index in [1.54, 1.807) is 36.4 Å². The smallest absolute Gasteiger partial charge is 0.265 e. The minimum atomic E-state index is -3.85. The van der Waals surface area contributed by atoms with Crippen LogP contribution in [0.1, 0.15) is 5.56 Å². The van der Waals surface area contributed by atoms with Gasteiger partial charge >= 0.3 is 0 Å². The van der Waals surface area contributed by atoms with Gasteiger partial charge in [-0.3, -0.25) is 24.7 Å². The minimum Gasteiger partial charge on any atom is -0.454 e. The van der Waals surface area contributed by atoms with Crippen molar-refractivity contribution in [1.29, 1.82) is 0 Å². The summed E-state index contributed by atoms with van der Waals surface area (Å²) < 4.78 is 37.4. The first-order valence-corrected chi connectivity index (χ1v) is 10.9. The second-order valence-corrected chi connectivity index (χ2v) is 8.93. The Morgan fingerprint density at radius 3 is 2.52 bits per heavy atom. The lowest BCUT2D eigenvalue weighted by molar-refractivity contribution is -0.127. The highest BCUT2D eigenvalue weighted by Gasteiger charge is 2.36. The van der Waals surface area contributed by atoms with E-state index in [0.29, 0.717) is 28.1 Å². The average molecular weight is 439 g/mol. The Morgan fingerprint density at radius 2 is 1.68 bits per heavy atom. The van der Waals surface area contributed by atoms with E-state index >= 15 is 0 Å². The van der Waals surface area contributed by atoms with Crippen LogP contribution in [0.15, 0.2) is 59.5 Å². The van der Waals surface area contributed by atoms with Crippen molar-refractivity contribution in [2.45, 2.75) is 11.3 Å². The molecule has 0 spiro atoms. The quantitative estimate of drug-likeness (QED) is 0.595. The van der Waals surface area contributed by atoms with Gasteiger partial charge in [0.2, 0.25) is 12.7 Å². The lowest BCUT2D eigenvalue weighted by Crippen LogP contribution is -2.47. The molecule has 31 heavy (non-hydrogen) atoms. The van der Waals surface area contributed by atoms with Crippen LogP contribution >= 0.6 is 0 Å². The largest absolute Gasteiger partial charge is 0.454 e. The Morgan fingerprint density at radius 1 is 0.935 bits per heavy atom. The van der Waals surface area contributed by atoms with Crippen LogP contribution in [-0.4, -0.2) is 33.6 Å². The second kappa shape index (κ2) is 7.17. The van der Waals surface area contributed by atoms with E-state index in [2.05, 4.69) is 10.9 Å². The molecule has 3 aromatic carbocycles. The minimum absolute atomic E-state index is 0.00365. The lowest BCUT2D eigenvalue weighted by Gasteiger charge is -2.18. The number of benzene rings is 3. The number of rotatable bonds is 4. The van der Waals surface area contributed by atoms with E-state index in [9.17, 15) is 18.0 Å². The van der Waals surface area contributed by atoms with Crippen LogP contribution in [0, 0.1) is 0 Å². The van der Waals surface area contributed by atoms with Gasteiger partial charge in [0.25, 0.3) is 15.9 Å². The first-order chi connectivity index (χ1) is 14.9. The van der Waals surface area contributed by atoms with Crippen molar-refractivity contribution in [3.8, 4) is 11.5 Å². The Labute approximate surface area is 177 Å². The summed E-state index contributed by atoms with van der Waals surface area (Å²) in [7, 11) is -3.85. The maximum atomic E-state index is 12.9. The Kier molecular flexibility index (Phi) is 4.44. The zero-order valence-corrected chi connectivity index (χ0v) is 16.9. The summed E-state index contributed by atoms with van der Waals surface area (Å²) in [5.74, 6) is 0.0527. The number of sulfonamides is 1. The van der Waals surface area contributed by atoms with E-state index in [-0.39, 0.29) is 18.1 Å². The van der Waals surface area contributed by atoms with Gasteiger partial charge in [-0.1, -0.05) is 30.3 Å². The third kappa shape index (κ3) is 3.30. The molecular formula is C21H17N3O6S. The summed E-state index contributed by atoms with van der Waals surface area (Å²) in [6.07, 6.45) is 0.00365. The molecule has 0 atom stereocenters. The highest BCUT2D eigenvalue weighted by atomic mass is 32.2. The molecule has 0 aliphatic carbocycles. The standard InChI is InChI=1S/C21H17N3O6S/c25-19(10-13-7-8-16-17(9-13)30-12-29-16)22-23-20(26)11-24-15-5-1-3-14-4-2-6-18(21(14)15)31(24,27)28/h1-9H,10-12H2,(H,22,25)(H,23,26). The van der Waals surface area contributed by atoms with Gasteiger partial charge in [-0.2, -0.15) is 0 Å². The molecular weight excluding hydrogens is 422 g/mol. The highest BCUT2D eigenvalue weighted by molar-refractivity contribution is 7.93. The molecule has 3 aromatic rings. The summed E-state index contributed by atoms with van der Waals surface area (Å²) >= 11 is 0. The molecule has 2 heterocycles. The van der Waals surface area contributed by atoms with Gasteiger partial charge in [0, 0.05) is 5.39 Å². The summed E-state index contributed by atoms with van der Waals surface area (Å²) in [6.45, 7) is -0.321. The van der Waals surface area contributed by atoms with E-state index < -0.39 is 28.4 Å². The number of anilines is 1. The monoisotopic (exact) mass is 439 g/mol. The van der Waals surface area contributed by atoms with Crippen LogP contribution in [0.4, 0.5) is 5.69 Å². The lowest BCUT2D eigenvalue weighted by atomic mass is 10.1. The number of fused-ring (bicyclic) bond motifs is 1. The molecule has 10 heteroatoms. The molecule has 2 aliphatic heterocycles. The van der Waals surface area contributed by atoms with Crippen LogP contribution in [0.2, 0.25) is 0 Å². The van der Waals surface area contributed by atoms with Crippen LogP contribution < -0.4 is 24.6 Å². The molecule has 158 valence electrons. The van der Waals surface area contributed by atoms with Crippen molar-refractivity contribution < 1.29 is 27.5 Å². The molecule has 9 nitrogen and oxygen atoms in total. The number of hydrogen-bond acceptors (Lipinski definition) is 6. The van der Waals surface area contributed by atoms with Crippen molar-refractivity contribution in [2.75, 3.05) is 17.6 Å². The average Bonchev–Trinajstić information content (AvgIpc) is 3.30. The Bertz CT molecular complexity index is 1330. The number of hydrazine groups is 1. The molecule has 5 rings (SSSR count). The summed E-state index contributed by atoms with van der Waals surface area (Å²) in [5, 5.41) is 1.36. The maximum absolute atomic E-state index is 12.9. The highest BCUT2D eigenvalue weighted by Crippen LogP contribution is 2.41. The fourth-order valence-electron chi connectivity index (χ4n) is 3.72. The molecule has 0 aromatic heterocycles. The molecule has 0 unspecified atom stereocenters. The van der Waals surface area contributed by atoms with Crippen molar-refractivity contribution in [3.63, 3.8) is 0 Å². The number of carbonyl (C=O) groups is 2. The Balaban J connectivity index is 1.24. The number of nitrogens with zero attached hydrogens (tertiary/aromatic N) is 1. The molecule has 2 amide bonds. The van der Waals surface area contributed by atoms with E-state index in [1.807, 2.05) is 12.1 Å². The number of carbonyl (C=O) groups excluding carboxylic acids is 2. The van der Waals surface area contributed by atoms with E-state index in [0.717, 1.165) is 9.69 Å². The van der Waals surface area contributed by atoms with Crippen LogP contribution in [-0.2, 0) is 26.0 Å². The fourth-order valence-corrected chi connectivity index (χ4v) is 5.39. The molecule has 0 saturated heterocycles. The second-order valence-electron chi connectivity index (χ2n) is 7.10. The molecule has 0 saturated carbocycles. The SMILES string of the molecule is O=C(Cc1ccc2c(c1)OCO2)NNC(=O)CN1c2cccc3cccc(c23)S1(=O)=O. The maximum Gasteiger partial charge on any atom is 0.265 e. The van der Waals surface area contributed by atoms with Crippen molar-refractivity contribution in [3.05, 3.63) is 60.2 Å². The van der Waals surface area contributed by atoms with E-state index in [1.165, 1.54) is 6.07 Å². The van der Waals surface area contributed by atoms with Gasteiger partial charge in [0.05, 0.1) is 17.0 Å². The molecule has 2 N–H and O–H groups in total. The Hall–Kier alpha value is -3.79. The number of hydrogen-bond donors (Lipinski definition) is 2. The van der Waals surface area contributed by atoms with E-state index in [4.69, 9.17) is 9.47 Å². The first kappa shape index (κ1) is 19.2. The molecule has 0 radical (unpaired) electrons. The molecule has 2 aliphatic rings. The number of amides is 2. The normalized spacial score (nSPS) is 15.2. The third-order valence-electron chi connectivity index (χ3n) is 5.11. The summed E-state index contributed by atoms with van der Waals surface area (Å²) in [4.78, 5) is 24.7. The summed E-state index contributed by atoms with van der Waals surface area (Å²) in [6, 6.07) is 15.3. The first-order valence-electron chi connectivity index (χ1n) is 9.44. The zero-order valence-electron chi connectivity index (χ0n) is 16.1. The topological polar surface area (TPSA) is 114 Å². The third-order valence-corrected chi connectivity index (χ3v) is 6.91. The number of nitrogens with one attached hydrogen (secondary N) is 2. The van der Waals surface area contributed by atoms with Gasteiger partial charge in [0.1, 0.15) is 6.54 Å². The van der Waals surface area contributed by atoms with Crippen molar-refractivity contribution in [2.24, 2.45) is 0 Å². The molecule has 0 fully saturated rings. The molecule has 0 bridgehead atoms. The predicted octanol–water partition coefficient (Wildman–Crippen LogP) is 1.47. The van der Waals surface area contributed by atoms with Gasteiger partial charge in [-0.05, 0) is 35.2 Å². The van der Waals surface area contributed by atoms with Crippen LogP contribution in [0.5, 0.6) is 11.5 Å². The summed E-state index contributed by atoms with van der Waals surface area (Å²) in [5.41, 5.74) is 5.71. The van der Waals surface area contributed by atoms with Gasteiger partial charge in [-0.25, -0.2) is 8.42 Å². The van der Waals surface area contributed by atoms with Gasteiger partial charge in [-0.15, -0.1) is 0 Å². The number of ether oxygens (including phenoxy) is 2. The fraction of sp³-hybridized carbons (Fsp3) is 0.143. The van der Waals surface area contributed by atoms with Crippen molar-refractivity contribution in [1.82, 2.24) is 10.9 Å².